The third-order valence-electron chi connectivity index (χ3n) is 3.40. The zero-order chi connectivity index (χ0) is 18.3. The first-order chi connectivity index (χ1) is 11.2. The van der Waals surface area contributed by atoms with Gasteiger partial charge in [0.05, 0.1) is 19.1 Å². The van der Waals surface area contributed by atoms with Crippen molar-refractivity contribution >= 4 is 11.8 Å². The van der Waals surface area contributed by atoms with Crippen LogP contribution in [0.4, 0.5) is 8.78 Å². The van der Waals surface area contributed by atoms with Crippen molar-refractivity contribution in [2.45, 2.75) is 45.7 Å². The predicted molar refractivity (Wildman–Crippen MR) is 86.1 cm³/mol. The fraction of sp³-hybridized carbons (Fsp3) is 0.529. The Hall–Kier alpha value is -1.86. The molecule has 134 valence electrons. The summed E-state index contributed by atoms with van der Waals surface area (Å²) in [5.74, 6) is -2.42. The summed E-state index contributed by atoms with van der Waals surface area (Å²) in [6.45, 7) is 5.45. The summed E-state index contributed by atoms with van der Waals surface area (Å²) >= 11 is 0. The van der Waals surface area contributed by atoms with Crippen molar-refractivity contribution in [1.29, 1.82) is 0 Å². The Morgan fingerprint density at radius 1 is 1.12 bits per heavy atom. The van der Waals surface area contributed by atoms with E-state index in [1.165, 1.54) is 0 Å². The largest absolute Gasteiger partial charge is 0.395 e. The van der Waals surface area contributed by atoms with Crippen molar-refractivity contribution < 1.29 is 23.5 Å². The lowest BCUT2D eigenvalue weighted by Gasteiger charge is -2.22. The number of imide groups is 1. The maximum absolute atomic E-state index is 13.1. The number of nitrogens with one attached hydrogen (secondary N) is 2. The van der Waals surface area contributed by atoms with E-state index >= 15 is 0 Å². The number of benzene rings is 1. The SMILES string of the molecule is CC(C)C[C@@H](CO)N[C@@H](C)C(=O)NC(=O)Cc1cc(F)cc(F)c1. The highest BCUT2D eigenvalue weighted by Gasteiger charge is 2.20. The maximum Gasteiger partial charge on any atom is 0.243 e. The summed E-state index contributed by atoms with van der Waals surface area (Å²) in [5, 5.41) is 14.4. The molecule has 0 unspecified atom stereocenters. The summed E-state index contributed by atoms with van der Waals surface area (Å²) in [7, 11) is 0. The number of aliphatic hydroxyl groups excluding tert-OH is 1. The summed E-state index contributed by atoms with van der Waals surface area (Å²) < 4.78 is 26.2. The van der Waals surface area contributed by atoms with Crippen LogP contribution in [-0.2, 0) is 16.0 Å². The molecule has 2 amide bonds. The fourth-order valence-electron chi connectivity index (χ4n) is 2.38. The second kappa shape index (κ2) is 9.44. The van der Waals surface area contributed by atoms with Gasteiger partial charge in [0.1, 0.15) is 11.6 Å². The van der Waals surface area contributed by atoms with Gasteiger partial charge < -0.3 is 10.4 Å². The number of carbonyl (C=O) groups is 2. The Bertz CT molecular complexity index is 559. The number of carbonyl (C=O) groups excluding carboxylic acids is 2. The molecule has 0 heterocycles. The van der Waals surface area contributed by atoms with Crippen LogP contribution in [0.3, 0.4) is 0 Å². The number of aliphatic hydroxyl groups is 1. The lowest BCUT2D eigenvalue weighted by atomic mass is 10.0. The molecule has 0 saturated heterocycles. The molecule has 7 heteroatoms. The molecule has 0 spiro atoms. The second-order valence-corrected chi connectivity index (χ2v) is 6.26. The van der Waals surface area contributed by atoms with Gasteiger partial charge in [0, 0.05) is 12.1 Å². The predicted octanol–water partition coefficient (Wildman–Crippen LogP) is 1.54. The second-order valence-electron chi connectivity index (χ2n) is 6.26. The van der Waals surface area contributed by atoms with Crippen molar-refractivity contribution in [3.63, 3.8) is 0 Å². The van der Waals surface area contributed by atoms with Crippen LogP contribution in [0.25, 0.3) is 0 Å². The molecule has 5 nitrogen and oxygen atoms in total. The Kier molecular flexibility index (Phi) is 7.94. The molecule has 1 rings (SSSR count). The highest BCUT2D eigenvalue weighted by atomic mass is 19.1. The third kappa shape index (κ3) is 7.14. The smallest absolute Gasteiger partial charge is 0.243 e. The van der Waals surface area contributed by atoms with Crippen LogP contribution >= 0.6 is 0 Å². The molecule has 0 fully saturated rings. The van der Waals surface area contributed by atoms with Gasteiger partial charge in [-0.3, -0.25) is 14.9 Å². The van der Waals surface area contributed by atoms with E-state index in [1.54, 1.807) is 6.92 Å². The molecular formula is C17H24F2N2O3. The minimum atomic E-state index is -0.779. The monoisotopic (exact) mass is 342 g/mol. The Labute approximate surface area is 140 Å². The zero-order valence-corrected chi connectivity index (χ0v) is 14.1. The highest BCUT2D eigenvalue weighted by Crippen LogP contribution is 2.09. The summed E-state index contributed by atoms with van der Waals surface area (Å²) in [6, 6.07) is 1.85. The number of halogens is 2. The molecule has 3 N–H and O–H groups in total. The number of amides is 2. The molecule has 0 aromatic heterocycles. The van der Waals surface area contributed by atoms with Gasteiger partial charge in [-0.1, -0.05) is 13.8 Å². The van der Waals surface area contributed by atoms with Crippen LogP contribution < -0.4 is 10.6 Å². The van der Waals surface area contributed by atoms with Crippen LogP contribution in [0.1, 0.15) is 32.8 Å². The number of rotatable bonds is 8. The summed E-state index contributed by atoms with van der Waals surface area (Å²) in [4.78, 5) is 23.8. The van der Waals surface area contributed by atoms with Crippen LogP contribution in [0.15, 0.2) is 18.2 Å². The van der Waals surface area contributed by atoms with E-state index in [0.717, 1.165) is 12.1 Å². The van der Waals surface area contributed by atoms with E-state index in [2.05, 4.69) is 10.6 Å². The van der Waals surface area contributed by atoms with Crippen LogP contribution in [0, 0.1) is 17.6 Å². The van der Waals surface area contributed by atoms with E-state index in [9.17, 15) is 23.5 Å². The van der Waals surface area contributed by atoms with E-state index in [0.29, 0.717) is 18.4 Å². The van der Waals surface area contributed by atoms with Gasteiger partial charge in [-0.15, -0.1) is 0 Å². The van der Waals surface area contributed by atoms with Gasteiger partial charge in [-0.2, -0.15) is 0 Å². The van der Waals surface area contributed by atoms with Gasteiger partial charge in [-0.05, 0) is 37.0 Å². The summed E-state index contributed by atoms with van der Waals surface area (Å²) in [6.07, 6.45) is 0.382. The van der Waals surface area contributed by atoms with Gasteiger partial charge >= 0.3 is 0 Å². The third-order valence-corrected chi connectivity index (χ3v) is 3.40. The average Bonchev–Trinajstić information content (AvgIpc) is 2.44. The number of hydrogen-bond donors (Lipinski definition) is 3. The molecule has 2 atom stereocenters. The van der Waals surface area contributed by atoms with Crippen molar-refractivity contribution in [2.75, 3.05) is 6.61 Å². The molecule has 1 aromatic rings. The van der Waals surface area contributed by atoms with E-state index < -0.39 is 29.5 Å². The minimum absolute atomic E-state index is 0.119. The van der Waals surface area contributed by atoms with Crippen molar-refractivity contribution in [3.8, 4) is 0 Å². The van der Waals surface area contributed by atoms with Crippen LogP contribution in [0.2, 0.25) is 0 Å². The molecule has 0 aliphatic rings. The lowest BCUT2D eigenvalue weighted by Crippen LogP contribution is -2.49. The Balaban J connectivity index is 2.54. The molecule has 0 aliphatic heterocycles. The molecule has 0 bridgehead atoms. The molecule has 24 heavy (non-hydrogen) atoms. The Morgan fingerprint density at radius 2 is 1.71 bits per heavy atom. The average molecular weight is 342 g/mol. The van der Waals surface area contributed by atoms with Gasteiger partial charge in [0.2, 0.25) is 11.8 Å². The Morgan fingerprint density at radius 3 is 2.21 bits per heavy atom. The quantitative estimate of drug-likeness (QED) is 0.670. The first kappa shape index (κ1) is 20.2. The van der Waals surface area contributed by atoms with E-state index in [1.807, 2.05) is 13.8 Å². The van der Waals surface area contributed by atoms with Gasteiger partial charge in [0.25, 0.3) is 0 Å². The first-order valence-electron chi connectivity index (χ1n) is 7.86. The van der Waals surface area contributed by atoms with E-state index in [4.69, 9.17) is 0 Å². The zero-order valence-electron chi connectivity index (χ0n) is 14.1. The van der Waals surface area contributed by atoms with Crippen molar-refractivity contribution in [1.82, 2.24) is 10.6 Å². The van der Waals surface area contributed by atoms with Crippen LogP contribution in [0.5, 0.6) is 0 Å². The standard InChI is InChI=1S/C17H24F2N2O3/c1-10(2)4-15(9-22)20-11(3)17(24)21-16(23)7-12-5-13(18)8-14(19)6-12/h5-6,8,10-11,15,20,22H,4,7,9H2,1-3H3,(H,21,23,24)/t11-,15-/m0/s1. The molecule has 0 saturated carbocycles. The molecule has 0 radical (unpaired) electrons. The maximum atomic E-state index is 13.1. The topological polar surface area (TPSA) is 78.4 Å². The minimum Gasteiger partial charge on any atom is -0.395 e. The first-order valence-corrected chi connectivity index (χ1v) is 7.86. The lowest BCUT2D eigenvalue weighted by molar-refractivity contribution is -0.131. The van der Waals surface area contributed by atoms with Crippen molar-refractivity contribution in [3.05, 3.63) is 35.4 Å². The normalized spacial score (nSPS) is 13.6. The fourth-order valence-corrected chi connectivity index (χ4v) is 2.38. The van der Waals surface area contributed by atoms with Gasteiger partial charge in [-0.25, -0.2) is 8.78 Å². The van der Waals surface area contributed by atoms with Gasteiger partial charge in [0.15, 0.2) is 0 Å². The van der Waals surface area contributed by atoms with Crippen molar-refractivity contribution in [2.24, 2.45) is 5.92 Å². The number of hydrogen-bond acceptors (Lipinski definition) is 4. The van der Waals surface area contributed by atoms with E-state index in [-0.39, 0.29) is 24.6 Å². The highest BCUT2D eigenvalue weighted by molar-refractivity contribution is 5.98. The van der Waals surface area contributed by atoms with Crippen LogP contribution in [-0.4, -0.2) is 35.6 Å². The summed E-state index contributed by atoms with van der Waals surface area (Å²) in [5.41, 5.74) is 0.145. The molecular weight excluding hydrogens is 318 g/mol. The molecule has 1 aromatic carbocycles. The molecule has 0 aliphatic carbocycles.